The van der Waals surface area contributed by atoms with Crippen LogP contribution in [0, 0.1) is 0 Å². The molecule has 106 valence electrons. The minimum absolute atomic E-state index is 0.0822. The Morgan fingerprint density at radius 1 is 1.32 bits per heavy atom. The highest BCUT2D eigenvalue weighted by atomic mass is 16.2. The van der Waals surface area contributed by atoms with Gasteiger partial charge in [-0.05, 0) is 12.8 Å². The van der Waals surface area contributed by atoms with Gasteiger partial charge >= 0.3 is 0 Å². The molecule has 2 rings (SSSR count). The van der Waals surface area contributed by atoms with Crippen molar-refractivity contribution in [2.24, 2.45) is 0 Å². The Morgan fingerprint density at radius 2 is 2.00 bits per heavy atom. The van der Waals surface area contributed by atoms with Gasteiger partial charge in [-0.3, -0.25) is 19.7 Å². The molecule has 2 fully saturated rings. The first kappa shape index (κ1) is 13.8. The Labute approximate surface area is 112 Å². The lowest BCUT2D eigenvalue weighted by Gasteiger charge is -2.33. The number of amides is 3. The van der Waals surface area contributed by atoms with Crippen LogP contribution in [0.2, 0.25) is 0 Å². The Kier molecular flexibility index (Phi) is 4.36. The Morgan fingerprint density at radius 3 is 2.53 bits per heavy atom. The monoisotopic (exact) mass is 268 g/mol. The van der Waals surface area contributed by atoms with E-state index in [4.69, 9.17) is 0 Å². The number of likely N-dealkylation sites (tertiary alicyclic amines) is 1. The summed E-state index contributed by atoms with van der Waals surface area (Å²) in [6, 6.07) is -0.244. The van der Waals surface area contributed by atoms with Crippen molar-refractivity contribution in [2.75, 3.05) is 26.2 Å². The van der Waals surface area contributed by atoms with E-state index in [-0.39, 0.29) is 36.3 Å². The lowest BCUT2D eigenvalue weighted by atomic mass is 10.0. The van der Waals surface area contributed by atoms with Crippen LogP contribution in [-0.2, 0) is 14.4 Å². The van der Waals surface area contributed by atoms with Crippen molar-refractivity contribution in [3.05, 3.63) is 0 Å². The lowest BCUT2D eigenvalue weighted by molar-refractivity contribution is -0.130. The van der Waals surface area contributed by atoms with Crippen LogP contribution in [0.3, 0.4) is 0 Å². The van der Waals surface area contributed by atoms with E-state index in [0.717, 1.165) is 12.8 Å². The Hall–Kier alpha value is -1.63. The van der Waals surface area contributed by atoms with Crippen molar-refractivity contribution in [3.8, 4) is 0 Å². The minimum Gasteiger partial charge on any atom is -0.353 e. The molecule has 3 N–H and O–H groups in total. The van der Waals surface area contributed by atoms with Gasteiger partial charge in [0.1, 0.15) is 6.04 Å². The topological polar surface area (TPSA) is 90.5 Å². The zero-order chi connectivity index (χ0) is 13.8. The lowest BCUT2D eigenvalue weighted by Crippen LogP contribution is -2.59. The number of piperidine rings is 1. The third-order valence-electron chi connectivity index (χ3n) is 3.62. The number of nitrogens with one attached hydrogen (secondary N) is 3. The summed E-state index contributed by atoms with van der Waals surface area (Å²) in [4.78, 5) is 35.9. The van der Waals surface area contributed by atoms with Gasteiger partial charge in [0.05, 0.1) is 6.54 Å². The fourth-order valence-electron chi connectivity index (χ4n) is 2.39. The highest BCUT2D eigenvalue weighted by Crippen LogP contribution is 2.10. The predicted molar refractivity (Wildman–Crippen MR) is 68.2 cm³/mol. The number of piperazine rings is 1. The van der Waals surface area contributed by atoms with Crippen LogP contribution in [0.4, 0.5) is 0 Å². The average Bonchev–Trinajstić information content (AvgIpc) is 2.40. The van der Waals surface area contributed by atoms with Gasteiger partial charge in [0, 0.05) is 32.6 Å². The molecule has 0 bridgehead atoms. The standard InChI is InChI=1S/C12H20N4O3/c1-8(17)16-4-2-9(3-5-16)15-12(19)10-6-14-11(18)7-13-10/h9-10,13H,2-7H2,1H3,(H,14,18)(H,15,19). The first-order valence-corrected chi connectivity index (χ1v) is 6.62. The molecule has 2 heterocycles. The van der Waals surface area contributed by atoms with E-state index in [1.165, 1.54) is 0 Å². The van der Waals surface area contributed by atoms with E-state index in [1.54, 1.807) is 11.8 Å². The van der Waals surface area contributed by atoms with Crippen molar-refractivity contribution in [2.45, 2.75) is 31.8 Å². The SMILES string of the molecule is CC(=O)N1CCC(NC(=O)C2CNC(=O)CN2)CC1. The summed E-state index contributed by atoms with van der Waals surface area (Å²) in [5.41, 5.74) is 0. The molecule has 2 aliphatic rings. The molecule has 7 heteroatoms. The molecule has 19 heavy (non-hydrogen) atoms. The van der Waals surface area contributed by atoms with Crippen molar-refractivity contribution in [1.29, 1.82) is 0 Å². The van der Waals surface area contributed by atoms with E-state index in [9.17, 15) is 14.4 Å². The number of carbonyl (C=O) groups excluding carboxylic acids is 3. The van der Waals surface area contributed by atoms with Gasteiger partial charge in [-0.2, -0.15) is 0 Å². The smallest absolute Gasteiger partial charge is 0.239 e. The number of carbonyl (C=O) groups is 3. The molecule has 1 unspecified atom stereocenters. The maximum Gasteiger partial charge on any atom is 0.239 e. The summed E-state index contributed by atoms with van der Waals surface area (Å²) in [6.45, 7) is 3.45. The van der Waals surface area contributed by atoms with Crippen LogP contribution in [0.5, 0.6) is 0 Å². The third kappa shape index (κ3) is 3.66. The van der Waals surface area contributed by atoms with Crippen molar-refractivity contribution >= 4 is 17.7 Å². The van der Waals surface area contributed by atoms with Crippen molar-refractivity contribution in [1.82, 2.24) is 20.9 Å². The maximum atomic E-state index is 12.0. The van der Waals surface area contributed by atoms with E-state index >= 15 is 0 Å². The molecule has 0 aromatic carbocycles. The van der Waals surface area contributed by atoms with Crippen molar-refractivity contribution < 1.29 is 14.4 Å². The molecule has 0 radical (unpaired) electrons. The largest absolute Gasteiger partial charge is 0.353 e. The molecule has 2 saturated heterocycles. The van der Waals surface area contributed by atoms with E-state index in [2.05, 4.69) is 16.0 Å². The first-order chi connectivity index (χ1) is 9.06. The third-order valence-corrected chi connectivity index (χ3v) is 3.62. The zero-order valence-corrected chi connectivity index (χ0v) is 11.1. The quantitative estimate of drug-likeness (QED) is 0.551. The van der Waals surface area contributed by atoms with Gasteiger partial charge < -0.3 is 15.5 Å². The second-order valence-corrected chi connectivity index (χ2v) is 5.03. The van der Waals surface area contributed by atoms with Crippen LogP contribution in [-0.4, -0.2) is 60.9 Å². The zero-order valence-electron chi connectivity index (χ0n) is 11.1. The number of nitrogens with zero attached hydrogens (tertiary/aromatic N) is 1. The van der Waals surface area contributed by atoms with Gasteiger partial charge in [-0.1, -0.05) is 0 Å². The molecule has 1 atom stereocenters. The second kappa shape index (κ2) is 6.01. The Balaban J connectivity index is 1.74. The van der Waals surface area contributed by atoms with E-state index < -0.39 is 0 Å². The summed E-state index contributed by atoms with van der Waals surface area (Å²) >= 11 is 0. The molecule has 3 amide bonds. The highest BCUT2D eigenvalue weighted by molar-refractivity contribution is 5.86. The molecule has 0 spiro atoms. The average molecular weight is 268 g/mol. The van der Waals surface area contributed by atoms with Crippen molar-refractivity contribution in [3.63, 3.8) is 0 Å². The number of hydrogen-bond acceptors (Lipinski definition) is 4. The van der Waals surface area contributed by atoms with Gasteiger partial charge in [-0.25, -0.2) is 0 Å². The van der Waals surface area contributed by atoms with Gasteiger partial charge in [-0.15, -0.1) is 0 Å². The molecule has 0 aromatic rings. The summed E-state index contributed by atoms with van der Waals surface area (Å²) < 4.78 is 0. The second-order valence-electron chi connectivity index (χ2n) is 5.03. The molecule has 0 saturated carbocycles. The maximum absolute atomic E-state index is 12.0. The van der Waals surface area contributed by atoms with Gasteiger partial charge in [0.2, 0.25) is 17.7 Å². The Bertz CT molecular complexity index is 367. The first-order valence-electron chi connectivity index (χ1n) is 6.62. The van der Waals surface area contributed by atoms with Crippen LogP contribution < -0.4 is 16.0 Å². The van der Waals surface area contributed by atoms with Crippen LogP contribution in [0.15, 0.2) is 0 Å². The fourth-order valence-corrected chi connectivity index (χ4v) is 2.39. The van der Waals surface area contributed by atoms with E-state index in [0.29, 0.717) is 19.6 Å². The summed E-state index contributed by atoms with van der Waals surface area (Å²) in [7, 11) is 0. The van der Waals surface area contributed by atoms with Crippen LogP contribution >= 0.6 is 0 Å². The highest BCUT2D eigenvalue weighted by Gasteiger charge is 2.27. The molecule has 2 aliphatic heterocycles. The molecule has 7 nitrogen and oxygen atoms in total. The number of rotatable bonds is 2. The van der Waals surface area contributed by atoms with Crippen LogP contribution in [0.1, 0.15) is 19.8 Å². The summed E-state index contributed by atoms with van der Waals surface area (Å²) in [6.07, 6.45) is 1.56. The van der Waals surface area contributed by atoms with Gasteiger partial charge in [0.25, 0.3) is 0 Å². The van der Waals surface area contributed by atoms with Gasteiger partial charge in [0.15, 0.2) is 0 Å². The minimum atomic E-state index is -0.358. The van der Waals surface area contributed by atoms with E-state index in [1.807, 2.05) is 0 Å². The number of hydrogen-bond donors (Lipinski definition) is 3. The summed E-state index contributed by atoms with van der Waals surface area (Å²) in [5.74, 6) is -0.0819. The summed E-state index contributed by atoms with van der Waals surface area (Å²) in [5, 5.41) is 8.53. The molecule has 0 aliphatic carbocycles. The molecular formula is C12H20N4O3. The molecule has 0 aromatic heterocycles. The predicted octanol–water partition coefficient (Wildman–Crippen LogP) is -1.80. The fraction of sp³-hybridized carbons (Fsp3) is 0.750. The normalized spacial score (nSPS) is 24.8. The van der Waals surface area contributed by atoms with Crippen LogP contribution in [0.25, 0.3) is 0 Å². The molecular weight excluding hydrogens is 248 g/mol.